The van der Waals surface area contributed by atoms with Gasteiger partial charge in [-0.2, -0.15) is 5.10 Å². The summed E-state index contributed by atoms with van der Waals surface area (Å²) in [5.41, 5.74) is 2.26. The molecule has 0 unspecified atom stereocenters. The molecule has 0 aliphatic heterocycles. The third-order valence-electron chi connectivity index (χ3n) is 4.73. The lowest BCUT2D eigenvalue weighted by atomic mass is 10.1. The monoisotopic (exact) mass is 519 g/mol. The van der Waals surface area contributed by atoms with Gasteiger partial charge in [-0.1, -0.05) is 64.6 Å². The first-order chi connectivity index (χ1) is 15.9. The van der Waals surface area contributed by atoms with Crippen molar-refractivity contribution < 1.29 is 9.53 Å². The van der Waals surface area contributed by atoms with E-state index in [0.717, 1.165) is 11.1 Å². The zero-order valence-corrected chi connectivity index (χ0v) is 20.1. The average molecular weight is 521 g/mol. The summed E-state index contributed by atoms with van der Waals surface area (Å²) in [7, 11) is 0. The number of ether oxygens (including phenoxy) is 1. The molecule has 0 aliphatic carbocycles. The Morgan fingerprint density at radius 2 is 1.58 bits per heavy atom. The summed E-state index contributed by atoms with van der Waals surface area (Å²) in [6, 6.07) is 19.2. The summed E-state index contributed by atoms with van der Waals surface area (Å²) < 4.78 is 7.41. The molecule has 3 aromatic carbocycles. The van der Waals surface area contributed by atoms with E-state index in [4.69, 9.17) is 51.1 Å². The molecule has 4 aromatic rings. The smallest absolute Gasteiger partial charge is 0.256 e. The van der Waals surface area contributed by atoms with Crippen molar-refractivity contribution in [1.29, 1.82) is 0 Å². The third-order valence-corrected chi connectivity index (χ3v) is 5.85. The summed E-state index contributed by atoms with van der Waals surface area (Å²) in [6.07, 6.45) is 1.77. The number of hydrogen-bond donors (Lipinski definition) is 1. The van der Waals surface area contributed by atoms with Gasteiger partial charge in [0, 0.05) is 32.9 Å². The Bertz CT molecular complexity index is 1290. The van der Waals surface area contributed by atoms with Crippen molar-refractivity contribution in [2.45, 2.75) is 13.2 Å². The van der Waals surface area contributed by atoms with Gasteiger partial charge in [-0.15, -0.1) is 0 Å². The first-order valence-corrected chi connectivity index (χ1v) is 11.3. The van der Waals surface area contributed by atoms with Crippen molar-refractivity contribution in [3.05, 3.63) is 110 Å². The average Bonchev–Trinajstić information content (AvgIpc) is 3.22. The minimum Gasteiger partial charge on any atom is -0.487 e. The van der Waals surface area contributed by atoms with Gasteiger partial charge in [-0.3, -0.25) is 9.48 Å². The number of rotatable bonds is 7. The number of carbonyl (C=O) groups excluding carboxylic acids is 1. The molecule has 1 N–H and O–H groups in total. The number of nitrogens with one attached hydrogen (secondary N) is 1. The van der Waals surface area contributed by atoms with Crippen molar-refractivity contribution >= 4 is 58.1 Å². The van der Waals surface area contributed by atoms with E-state index >= 15 is 0 Å². The number of nitrogens with zero attached hydrogens (tertiary/aromatic N) is 2. The quantitative estimate of drug-likeness (QED) is 0.276. The molecule has 0 spiro atoms. The summed E-state index contributed by atoms with van der Waals surface area (Å²) in [5.74, 6) is 0.714. The van der Waals surface area contributed by atoms with E-state index in [1.165, 1.54) is 0 Å². The van der Waals surface area contributed by atoms with Gasteiger partial charge in [-0.25, -0.2) is 0 Å². The largest absolute Gasteiger partial charge is 0.487 e. The second kappa shape index (κ2) is 10.5. The van der Waals surface area contributed by atoms with Crippen LogP contribution in [-0.2, 0) is 13.2 Å². The van der Waals surface area contributed by atoms with E-state index in [9.17, 15) is 4.79 Å². The van der Waals surface area contributed by atoms with Gasteiger partial charge in [0.2, 0.25) is 0 Å². The highest BCUT2D eigenvalue weighted by molar-refractivity contribution is 6.35. The summed E-state index contributed by atoms with van der Waals surface area (Å²) in [4.78, 5) is 12.6. The Labute approximate surface area is 210 Å². The van der Waals surface area contributed by atoms with Gasteiger partial charge in [0.1, 0.15) is 12.4 Å². The molecule has 0 fully saturated rings. The van der Waals surface area contributed by atoms with Gasteiger partial charge in [0.15, 0.2) is 5.82 Å². The summed E-state index contributed by atoms with van der Waals surface area (Å²) >= 11 is 24.2. The zero-order chi connectivity index (χ0) is 23.4. The molecule has 1 heterocycles. The maximum absolute atomic E-state index is 12.6. The molecule has 0 radical (unpaired) electrons. The second-order valence-corrected chi connectivity index (χ2v) is 8.84. The van der Waals surface area contributed by atoms with Crippen LogP contribution in [0.4, 0.5) is 5.82 Å². The van der Waals surface area contributed by atoms with Crippen LogP contribution in [0.2, 0.25) is 20.1 Å². The number of anilines is 1. The zero-order valence-electron chi connectivity index (χ0n) is 17.1. The van der Waals surface area contributed by atoms with Gasteiger partial charge in [0.25, 0.3) is 5.91 Å². The topological polar surface area (TPSA) is 56.2 Å². The molecular weight excluding hydrogens is 504 g/mol. The highest BCUT2D eigenvalue weighted by Crippen LogP contribution is 2.28. The molecule has 0 atom stereocenters. The molecule has 1 aromatic heterocycles. The van der Waals surface area contributed by atoms with Gasteiger partial charge >= 0.3 is 0 Å². The standard InChI is InChI=1S/C24H17Cl4N3O2/c25-18-6-5-17(20(27)11-18)13-31-10-9-23(30-31)29-24(32)16-3-1-15(2-4-16)14-33-22-8-7-19(26)12-21(22)28/h1-12H,13-14H2,(H,29,30,32). The van der Waals surface area contributed by atoms with Crippen molar-refractivity contribution in [3.8, 4) is 5.75 Å². The molecule has 0 aliphatic rings. The van der Waals surface area contributed by atoms with E-state index < -0.39 is 0 Å². The van der Waals surface area contributed by atoms with Crippen LogP contribution in [0.1, 0.15) is 21.5 Å². The van der Waals surface area contributed by atoms with Crippen LogP contribution in [0.3, 0.4) is 0 Å². The molecule has 0 saturated carbocycles. The van der Waals surface area contributed by atoms with Gasteiger partial charge in [-0.05, 0) is 53.6 Å². The molecule has 4 rings (SSSR count). The fourth-order valence-corrected chi connectivity index (χ4v) is 3.97. The Morgan fingerprint density at radius 3 is 2.27 bits per heavy atom. The number of halogens is 4. The molecule has 9 heteroatoms. The van der Waals surface area contributed by atoms with Crippen molar-refractivity contribution in [2.24, 2.45) is 0 Å². The first-order valence-electron chi connectivity index (χ1n) is 9.83. The Balaban J connectivity index is 1.34. The second-order valence-electron chi connectivity index (χ2n) is 7.15. The normalized spacial score (nSPS) is 10.8. The van der Waals surface area contributed by atoms with Crippen LogP contribution in [0.5, 0.6) is 5.75 Å². The van der Waals surface area contributed by atoms with Gasteiger partial charge < -0.3 is 10.1 Å². The number of carbonyl (C=O) groups is 1. The molecule has 0 bridgehead atoms. The van der Waals surface area contributed by atoms with E-state index in [0.29, 0.717) is 50.4 Å². The van der Waals surface area contributed by atoms with Crippen LogP contribution < -0.4 is 10.1 Å². The molecule has 168 valence electrons. The van der Waals surface area contributed by atoms with E-state index in [2.05, 4.69) is 10.4 Å². The summed E-state index contributed by atoms with van der Waals surface area (Å²) in [5, 5.41) is 9.29. The van der Waals surface area contributed by atoms with Crippen molar-refractivity contribution in [1.82, 2.24) is 9.78 Å². The number of amides is 1. The highest BCUT2D eigenvalue weighted by Gasteiger charge is 2.10. The Hall–Kier alpha value is -2.70. The lowest BCUT2D eigenvalue weighted by molar-refractivity contribution is 0.102. The van der Waals surface area contributed by atoms with E-state index in [1.54, 1.807) is 59.4 Å². The minimum absolute atomic E-state index is 0.266. The van der Waals surface area contributed by atoms with Crippen LogP contribution in [-0.4, -0.2) is 15.7 Å². The lowest BCUT2D eigenvalue weighted by Gasteiger charge is -2.09. The first kappa shape index (κ1) is 23.5. The maximum atomic E-state index is 12.6. The SMILES string of the molecule is O=C(Nc1ccn(Cc2ccc(Cl)cc2Cl)n1)c1ccc(COc2ccc(Cl)cc2Cl)cc1. The van der Waals surface area contributed by atoms with Gasteiger partial charge in [0.05, 0.1) is 11.6 Å². The predicted octanol–water partition coefficient (Wildman–Crippen LogP) is 7.38. The number of aromatic nitrogens is 2. The van der Waals surface area contributed by atoms with Crippen molar-refractivity contribution in [2.75, 3.05) is 5.32 Å². The molecule has 5 nitrogen and oxygen atoms in total. The molecular formula is C24H17Cl4N3O2. The van der Waals surface area contributed by atoms with Crippen LogP contribution in [0.15, 0.2) is 72.9 Å². The fraction of sp³-hybridized carbons (Fsp3) is 0.0833. The molecule has 33 heavy (non-hydrogen) atoms. The predicted molar refractivity (Wildman–Crippen MR) is 133 cm³/mol. The van der Waals surface area contributed by atoms with Crippen LogP contribution >= 0.6 is 46.4 Å². The number of benzene rings is 3. The third kappa shape index (κ3) is 6.21. The van der Waals surface area contributed by atoms with Crippen LogP contribution in [0.25, 0.3) is 0 Å². The van der Waals surface area contributed by atoms with Crippen molar-refractivity contribution in [3.63, 3.8) is 0 Å². The molecule has 1 amide bonds. The van der Waals surface area contributed by atoms with E-state index in [1.807, 2.05) is 18.2 Å². The van der Waals surface area contributed by atoms with E-state index in [-0.39, 0.29) is 5.91 Å². The fourth-order valence-electron chi connectivity index (χ4n) is 3.04. The molecule has 0 saturated heterocycles. The highest BCUT2D eigenvalue weighted by atomic mass is 35.5. The lowest BCUT2D eigenvalue weighted by Crippen LogP contribution is -2.13. The Kier molecular flexibility index (Phi) is 7.46. The van der Waals surface area contributed by atoms with Crippen LogP contribution in [0, 0.1) is 0 Å². The summed E-state index contributed by atoms with van der Waals surface area (Å²) in [6.45, 7) is 0.763. The Morgan fingerprint density at radius 1 is 0.879 bits per heavy atom. The maximum Gasteiger partial charge on any atom is 0.256 e. The number of hydrogen-bond acceptors (Lipinski definition) is 3. The minimum atomic E-state index is -0.266.